The van der Waals surface area contributed by atoms with Gasteiger partial charge in [0, 0.05) is 18.1 Å². The normalized spacial score (nSPS) is 22.6. The Morgan fingerprint density at radius 3 is 2.16 bits per heavy atom. The van der Waals surface area contributed by atoms with Gasteiger partial charge < -0.3 is 9.90 Å². The van der Waals surface area contributed by atoms with Crippen molar-refractivity contribution in [2.75, 3.05) is 6.54 Å². The highest BCUT2D eigenvalue weighted by atomic mass is 19.4. The number of carboxylic acid groups (broad SMARTS) is 1. The summed E-state index contributed by atoms with van der Waals surface area (Å²) < 4.78 is 39.2. The summed E-state index contributed by atoms with van der Waals surface area (Å²) in [5.74, 6) is -0.583. The first-order chi connectivity index (χ1) is 14.4. The Morgan fingerprint density at radius 2 is 1.68 bits per heavy atom. The second-order valence-corrected chi connectivity index (χ2v) is 10.0. The summed E-state index contributed by atoms with van der Waals surface area (Å²) in [4.78, 5) is 13.9. The van der Waals surface area contributed by atoms with Crippen LogP contribution in [0.5, 0.6) is 0 Å². The van der Waals surface area contributed by atoms with Gasteiger partial charge in [-0.2, -0.15) is 13.2 Å². The van der Waals surface area contributed by atoms with Gasteiger partial charge in [-0.15, -0.1) is 0 Å². The number of piperidine rings is 1. The van der Waals surface area contributed by atoms with E-state index in [0.29, 0.717) is 24.3 Å². The molecule has 0 radical (unpaired) electrons. The van der Waals surface area contributed by atoms with Gasteiger partial charge in [-0.25, -0.2) is 0 Å². The minimum atomic E-state index is -4.37. The molecule has 0 saturated carbocycles. The minimum absolute atomic E-state index is 0.0432. The zero-order valence-electron chi connectivity index (χ0n) is 19.4. The van der Waals surface area contributed by atoms with E-state index in [1.807, 2.05) is 0 Å². The fraction of sp³-hybridized carbons (Fsp3) is 0.720. The van der Waals surface area contributed by atoms with Crippen LogP contribution in [0.4, 0.5) is 13.2 Å². The minimum Gasteiger partial charge on any atom is -0.550 e. The van der Waals surface area contributed by atoms with E-state index < -0.39 is 23.6 Å². The molecule has 1 aliphatic rings. The summed E-state index contributed by atoms with van der Waals surface area (Å²) in [5, 5.41) is 11.5. The van der Waals surface area contributed by atoms with Gasteiger partial charge in [0.05, 0.1) is 5.56 Å². The van der Waals surface area contributed by atoms with Gasteiger partial charge in [0.25, 0.3) is 0 Å². The summed E-state index contributed by atoms with van der Waals surface area (Å²) in [6.07, 6.45) is 0.165. The number of hydrogen-bond donors (Lipinski definition) is 0. The Kier molecular flexibility index (Phi) is 8.99. The number of rotatable bonds is 9. The van der Waals surface area contributed by atoms with Gasteiger partial charge in [0.15, 0.2) is 0 Å². The summed E-state index contributed by atoms with van der Waals surface area (Å²) >= 11 is 0. The summed E-state index contributed by atoms with van der Waals surface area (Å²) in [6, 6.07) is 5.67. The summed E-state index contributed by atoms with van der Waals surface area (Å²) in [7, 11) is 0. The molecule has 0 bridgehead atoms. The number of hydrogen-bond acceptors (Lipinski definition) is 3. The van der Waals surface area contributed by atoms with Gasteiger partial charge >= 0.3 is 6.18 Å². The van der Waals surface area contributed by atoms with Gasteiger partial charge in [0.2, 0.25) is 0 Å². The highest BCUT2D eigenvalue weighted by Gasteiger charge is 2.37. The summed E-state index contributed by atoms with van der Waals surface area (Å²) in [5.41, 5.74) is 0.179. The molecule has 6 heteroatoms. The maximum atomic E-state index is 13.1. The molecule has 2 rings (SSSR count). The van der Waals surface area contributed by atoms with Gasteiger partial charge in [-0.3, -0.25) is 4.90 Å². The van der Waals surface area contributed by atoms with Crippen LogP contribution in [0.1, 0.15) is 83.9 Å². The number of carboxylic acids is 1. The predicted molar refractivity (Wildman–Crippen MR) is 115 cm³/mol. The molecule has 1 saturated heterocycles. The van der Waals surface area contributed by atoms with Crippen LogP contribution in [0.3, 0.4) is 0 Å². The lowest BCUT2D eigenvalue weighted by atomic mass is 9.78. The first-order valence-corrected chi connectivity index (χ1v) is 11.5. The Morgan fingerprint density at radius 1 is 1.06 bits per heavy atom. The van der Waals surface area contributed by atoms with E-state index in [4.69, 9.17) is 0 Å². The lowest BCUT2D eigenvalue weighted by Gasteiger charge is -2.46. The lowest BCUT2D eigenvalue weighted by Crippen LogP contribution is -2.47. The first kappa shape index (κ1) is 25.7. The van der Waals surface area contributed by atoms with Crippen molar-refractivity contribution < 1.29 is 23.1 Å². The van der Waals surface area contributed by atoms with E-state index in [9.17, 15) is 23.1 Å². The molecule has 31 heavy (non-hydrogen) atoms. The summed E-state index contributed by atoms with van der Waals surface area (Å²) in [6.45, 7) is 11.2. The largest absolute Gasteiger partial charge is 0.550 e. The van der Waals surface area contributed by atoms with Crippen LogP contribution >= 0.6 is 0 Å². The zero-order chi connectivity index (χ0) is 23.3. The third kappa shape index (κ3) is 7.23. The fourth-order valence-electron chi connectivity index (χ4n) is 4.81. The van der Waals surface area contributed by atoms with Crippen molar-refractivity contribution in [1.29, 1.82) is 0 Å². The highest BCUT2D eigenvalue weighted by Crippen LogP contribution is 2.41. The van der Waals surface area contributed by atoms with Crippen LogP contribution in [0.25, 0.3) is 0 Å². The zero-order valence-corrected chi connectivity index (χ0v) is 19.4. The number of alkyl halides is 3. The molecular weight excluding hydrogens is 403 g/mol. The third-order valence-corrected chi connectivity index (χ3v) is 6.68. The average Bonchev–Trinajstić information content (AvgIpc) is 2.69. The van der Waals surface area contributed by atoms with Crippen molar-refractivity contribution in [2.24, 2.45) is 23.7 Å². The standard InChI is InChI=1S/C25H38F3NO2/c1-16(2)6-11-22(14-17(3)4)29-13-12-20(18(5)24(30)31)15-23(29)19-7-9-21(10-8-19)25(26,27)28/h7-10,16-18,20,22-23H,6,11-15H2,1-5H3,(H,30,31)/p-1/t18?,20-,22-,23+/m1/s1. The quantitative estimate of drug-likeness (QED) is 0.495. The predicted octanol–water partition coefficient (Wildman–Crippen LogP) is 5.70. The fourth-order valence-corrected chi connectivity index (χ4v) is 4.81. The van der Waals surface area contributed by atoms with Crippen LogP contribution in [-0.2, 0) is 11.0 Å². The van der Waals surface area contributed by atoms with Gasteiger partial charge in [-0.1, -0.05) is 46.8 Å². The molecule has 176 valence electrons. The topological polar surface area (TPSA) is 43.4 Å². The third-order valence-electron chi connectivity index (χ3n) is 6.68. The second kappa shape index (κ2) is 10.8. The number of carbonyl (C=O) groups excluding carboxylic acids is 1. The monoisotopic (exact) mass is 440 g/mol. The maximum absolute atomic E-state index is 13.1. The molecule has 1 heterocycles. The highest BCUT2D eigenvalue weighted by molar-refractivity contribution is 5.67. The van der Waals surface area contributed by atoms with E-state index in [1.165, 1.54) is 0 Å². The van der Waals surface area contributed by atoms with Crippen LogP contribution in [0, 0.1) is 23.7 Å². The van der Waals surface area contributed by atoms with Crippen molar-refractivity contribution in [1.82, 2.24) is 4.90 Å². The van der Waals surface area contributed by atoms with E-state index in [-0.39, 0.29) is 12.0 Å². The second-order valence-electron chi connectivity index (χ2n) is 10.0. The van der Waals surface area contributed by atoms with Gasteiger partial charge in [0.1, 0.15) is 0 Å². The number of benzene rings is 1. The number of halogens is 3. The van der Waals surface area contributed by atoms with Crippen LogP contribution in [0.2, 0.25) is 0 Å². The smallest absolute Gasteiger partial charge is 0.416 e. The van der Waals surface area contributed by atoms with Crippen LogP contribution in [-0.4, -0.2) is 23.5 Å². The Bertz CT molecular complexity index is 700. The van der Waals surface area contributed by atoms with Crippen LogP contribution < -0.4 is 5.11 Å². The molecule has 1 aromatic carbocycles. The molecule has 3 nitrogen and oxygen atoms in total. The number of nitrogens with zero attached hydrogens (tertiary/aromatic N) is 1. The molecule has 0 spiro atoms. The molecule has 0 aromatic heterocycles. The number of carbonyl (C=O) groups is 1. The SMILES string of the molecule is CC(C)CC[C@H](CC(C)C)N1CC[C@@H](C(C)C(=O)[O-])C[C@H]1c1ccc(C(F)(F)F)cc1. The molecule has 1 unspecified atom stereocenters. The molecule has 1 aromatic rings. The van der Waals surface area contributed by atoms with E-state index >= 15 is 0 Å². The first-order valence-electron chi connectivity index (χ1n) is 11.5. The van der Waals surface area contributed by atoms with Crippen molar-refractivity contribution in [2.45, 2.75) is 85.0 Å². The Labute approximate surface area is 185 Å². The molecule has 0 aliphatic carbocycles. The Hall–Kier alpha value is -1.56. The molecule has 4 atom stereocenters. The molecule has 0 N–H and O–H groups in total. The number of likely N-dealkylation sites (tertiary alicyclic amines) is 1. The Balaban J connectivity index is 2.36. The van der Waals surface area contributed by atoms with Crippen molar-refractivity contribution in [3.63, 3.8) is 0 Å². The van der Waals surface area contributed by atoms with E-state index in [0.717, 1.165) is 49.9 Å². The molecule has 0 amide bonds. The van der Waals surface area contributed by atoms with Crippen molar-refractivity contribution >= 4 is 5.97 Å². The van der Waals surface area contributed by atoms with Crippen LogP contribution in [0.15, 0.2) is 24.3 Å². The van der Waals surface area contributed by atoms with Crippen molar-refractivity contribution in [3.8, 4) is 0 Å². The molecule has 1 aliphatic heterocycles. The molecular formula is C25H37F3NO2-. The van der Waals surface area contributed by atoms with E-state index in [2.05, 4.69) is 32.6 Å². The van der Waals surface area contributed by atoms with E-state index in [1.54, 1.807) is 19.1 Å². The maximum Gasteiger partial charge on any atom is 0.416 e. The number of aliphatic carboxylic acids is 1. The van der Waals surface area contributed by atoms with Gasteiger partial charge in [-0.05, 0) is 80.0 Å². The average molecular weight is 441 g/mol. The molecule has 1 fully saturated rings. The van der Waals surface area contributed by atoms with Crippen molar-refractivity contribution in [3.05, 3.63) is 35.4 Å². The lowest BCUT2D eigenvalue weighted by molar-refractivity contribution is -0.313.